The molecule has 3 heteroatoms. The maximum Gasteiger partial charge on any atom is 0.174 e. The first-order chi connectivity index (χ1) is 5.77. The van der Waals surface area contributed by atoms with Crippen molar-refractivity contribution in [3.05, 3.63) is 23.0 Å². The molecule has 0 radical (unpaired) electrons. The molecule has 0 saturated carbocycles. The van der Waals surface area contributed by atoms with Gasteiger partial charge >= 0.3 is 0 Å². The third-order valence-electron chi connectivity index (χ3n) is 1.88. The smallest absolute Gasteiger partial charge is 0.174 e. The fourth-order valence-corrected chi connectivity index (χ4v) is 1.25. The molecule has 2 rings (SSSR count). The molecular formula is C9H10N2O. The first-order valence-corrected chi connectivity index (χ1v) is 3.86. The fourth-order valence-electron chi connectivity index (χ4n) is 1.25. The Morgan fingerprint density at radius 1 is 1.58 bits per heavy atom. The molecule has 0 atom stereocenters. The molecule has 1 aromatic heterocycles. The van der Waals surface area contributed by atoms with Gasteiger partial charge in [0.1, 0.15) is 0 Å². The molecule has 0 aromatic carbocycles. The van der Waals surface area contributed by atoms with Crippen molar-refractivity contribution >= 4 is 18.0 Å². The zero-order valence-electron chi connectivity index (χ0n) is 6.87. The van der Waals surface area contributed by atoms with Crippen LogP contribution in [0.25, 0.3) is 12.2 Å². The van der Waals surface area contributed by atoms with E-state index in [4.69, 9.17) is 10.3 Å². The minimum absolute atomic E-state index is 0.468. The largest absolute Gasteiger partial charge is 0.380 e. The molecule has 0 aliphatic heterocycles. The normalized spacial score (nSPS) is 15.2. The number of fused-ring (bicyclic) bond motifs is 1. The highest BCUT2D eigenvalue weighted by Gasteiger charge is 2.10. The van der Waals surface area contributed by atoms with Gasteiger partial charge in [-0.1, -0.05) is 16.8 Å². The van der Waals surface area contributed by atoms with Gasteiger partial charge in [0, 0.05) is 0 Å². The van der Waals surface area contributed by atoms with Gasteiger partial charge in [-0.05, 0) is 25.5 Å². The van der Waals surface area contributed by atoms with Crippen LogP contribution in [0.4, 0.5) is 5.82 Å². The molecular weight excluding hydrogens is 152 g/mol. The first kappa shape index (κ1) is 7.16. The topological polar surface area (TPSA) is 52.0 Å². The Kier molecular flexibility index (Phi) is 1.50. The van der Waals surface area contributed by atoms with Crippen molar-refractivity contribution in [2.75, 3.05) is 5.73 Å². The second kappa shape index (κ2) is 2.52. The van der Waals surface area contributed by atoms with Gasteiger partial charge in [0.15, 0.2) is 11.6 Å². The van der Waals surface area contributed by atoms with Gasteiger partial charge in [-0.3, -0.25) is 0 Å². The number of hydrogen-bond donors (Lipinski definition) is 1. The Hall–Kier alpha value is -1.51. The molecule has 12 heavy (non-hydrogen) atoms. The molecule has 1 aromatic rings. The van der Waals surface area contributed by atoms with Gasteiger partial charge in [-0.15, -0.1) is 0 Å². The van der Waals surface area contributed by atoms with E-state index in [1.165, 1.54) is 5.57 Å². The number of allylic oxidation sites excluding steroid dienone is 2. The maximum atomic E-state index is 5.61. The zero-order chi connectivity index (χ0) is 8.55. The lowest BCUT2D eigenvalue weighted by molar-refractivity contribution is 0.416. The lowest BCUT2D eigenvalue weighted by Gasteiger charge is -1.91. The molecule has 1 aliphatic rings. The zero-order valence-corrected chi connectivity index (χ0v) is 6.87. The summed E-state index contributed by atoms with van der Waals surface area (Å²) in [6, 6.07) is 0. The van der Waals surface area contributed by atoms with Crippen LogP contribution in [0.2, 0.25) is 0 Å². The van der Waals surface area contributed by atoms with Crippen molar-refractivity contribution in [2.45, 2.75) is 13.3 Å². The van der Waals surface area contributed by atoms with E-state index in [-0.39, 0.29) is 0 Å². The molecule has 2 N–H and O–H groups in total. The van der Waals surface area contributed by atoms with E-state index in [0.29, 0.717) is 5.82 Å². The summed E-state index contributed by atoms with van der Waals surface area (Å²) in [5.41, 5.74) is 7.78. The quantitative estimate of drug-likeness (QED) is 0.635. The van der Waals surface area contributed by atoms with Crippen molar-refractivity contribution in [1.82, 2.24) is 5.16 Å². The average molecular weight is 162 g/mol. The number of nitrogens with zero attached hydrogens (tertiary/aromatic N) is 1. The van der Waals surface area contributed by atoms with Gasteiger partial charge in [-0.2, -0.15) is 0 Å². The summed E-state index contributed by atoms with van der Waals surface area (Å²) in [5, 5.41) is 3.68. The van der Waals surface area contributed by atoms with E-state index < -0.39 is 0 Å². The van der Waals surface area contributed by atoms with Crippen LogP contribution in [-0.4, -0.2) is 5.16 Å². The summed E-state index contributed by atoms with van der Waals surface area (Å²) in [7, 11) is 0. The lowest BCUT2D eigenvalue weighted by Crippen LogP contribution is -1.86. The maximum absolute atomic E-state index is 5.61. The van der Waals surface area contributed by atoms with E-state index in [9.17, 15) is 0 Å². The van der Waals surface area contributed by atoms with E-state index in [0.717, 1.165) is 17.7 Å². The molecule has 1 aliphatic carbocycles. The third kappa shape index (κ3) is 1.03. The molecule has 0 amide bonds. The molecule has 0 unspecified atom stereocenters. The van der Waals surface area contributed by atoms with Gasteiger partial charge in [0.25, 0.3) is 0 Å². The first-order valence-electron chi connectivity index (χ1n) is 3.86. The van der Waals surface area contributed by atoms with Gasteiger partial charge < -0.3 is 10.3 Å². The Bertz CT molecular complexity index is 361. The van der Waals surface area contributed by atoms with E-state index in [2.05, 4.69) is 12.1 Å². The highest BCUT2D eigenvalue weighted by Crippen LogP contribution is 2.24. The lowest BCUT2D eigenvalue weighted by atomic mass is 10.1. The van der Waals surface area contributed by atoms with E-state index in [1.807, 2.05) is 18.2 Å². The highest BCUT2D eigenvalue weighted by atomic mass is 16.5. The summed E-state index contributed by atoms with van der Waals surface area (Å²) in [6.07, 6.45) is 6.92. The average Bonchev–Trinajstić information content (AvgIpc) is 2.31. The van der Waals surface area contributed by atoms with Crippen molar-refractivity contribution < 1.29 is 4.52 Å². The van der Waals surface area contributed by atoms with Gasteiger partial charge in [0.05, 0.1) is 5.56 Å². The van der Waals surface area contributed by atoms with Crippen molar-refractivity contribution in [1.29, 1.82) is 0 Å². The Morgan fingerprint density at radius 2 is 2.42 bits per heavy atom. The van der Waals surface area contributed by atoms with Crippen molar-refractivity contribution in [3.8, 4) is 0 Å². The second-order valence-electron chi connectivity index (χ2n) is 2.94. The molecule has 0 bridgehead atoms. The number of aromatic nitrogens is 1. The molecule has 0 spiro atoms. The minimum atomic E-state index is 0.468. The van der Waals surface area contributed by atoms with Gasteiger partial charge in [0.2, 0.25) is 0 Å². The summed E-state index contributed by atoms with van der Waals surface area (Å²) in [6.45, 7) is 2.06. The standard InChI is InChI=1S/C9H10N2O/c1-6-3-2-4-8-7(5-6)9(10)11-12-8/h2,4-5H,3H2,1H3,(H2,10,11). The van der Waals surface area contributed by atoms with Crippen LogP contribution >= 0.6 is 0 Å². The second-order valence-corrected chi connectivity index (χ2v) is 2.94. The predicted molar refractivity (Wildman–Crippen MR) is 48.2 cm³/mol. The van der Waals surface area contributed by atoms with E-state index in [1.54, 1.807) is 0 Å². The summed E-state index contributed by atoms with van der Waals surface area (Å²) < 4.78 is 5.01. The SMILES string of the molecule is CC1=Cc2c(N)noc2C=CC1. The number of anilines is 1. The number of nitrogen functional groups attached to an aromatic ring is 1. The highest BCUT2D eigenvalue weighted by molar-refractivity contribution is 5.72. The van der Waals surface area contributed by atoms with E-state index >= 15 is 0 Å². The predicted octanol–water partition coefficient (Wildman–Crippen LogP) is 2.08. The number of hydrogen-bond acceptors (Lipinski definition) is 3. The van der Waals surface area contributed by atoms with Crippen LogP contribution in [0.3, 0.4) is 0 Å². The van der Waals surface area contributed by atoms with Crippen LogP contribution in [0, 0.1) is 0 Å². The van der Waals surface area contributed by atoms with Crippen molar-refractivity contribution in [2.24, 2.45) is 0 Å². The molecule has 0 saturated heterocycles. The Morgan fingerprint density at radius 3 is 3.25 bits per heavy atom. The number of rotatable bonds is 0. The van der Waals surface area contributed by atoms with Crippen molar-refractivity contribution in [3.63, 3.8) is 0 Å². The Labute approximate surface area is 70.5 Å². The molecule has 62 valence electrons. The minimum Gasteiger partial charge on any atom is -0.380 e. The van der Waals surface area contributed by atoms with Crippen LogP contribution in [0.1, 0.15) is 24.7 Å². The fraction of sp³-hybridized carbons (Fsp3) is 0.222. The monoisotopic (exact) mass is 162 g/mol. The van der Waals surface area contributed by atoms with Crippen LogP contribution in [-0.2, 0) is 0 Å². The van der Waals surface area contributed by atoms with Crippen LogP contribution < -0.4 is 5.73 Å². The number of nitrogens with two attached hydrogens (primary N) is 1. The molecule has 0 fully saturated rings. The van der Waals surface area contributed by atoms with Gasteiger partial charge in [-0.25, -0.2) is 0 Å². The summed E-state index contributed by atoms with van der Waals surface area (Å²) in [4.78, 5) is 0. The summed E-state index contributed by atoms with van der Waals surface area (Å²) in [5.74, 6) is 1.22. The molecule has 3 nitrogen and oxygen atoms in total. The summed E-state index contributed by atoms with van der Waals surface area (Å²) >= 11 is 0. The molecule has 1 heterocycles. The van der Waals surface area contributed by atoms with Crippen LogP contribution in [0.15, 0.2) is 16.2 Å². The Balaban J connectivity index is 2.60. The third-order valence-corrected chi connectivity index (χ3v) is 1.88. The van der Waals surface area contributed by atoms with Crippen LogP contribution in [0.5, 0.6) is 0 Å².